The topological polar surface area (TPSA) is 119 Å². The second-order valence-corrected chi connectivity index (χ2v) is 6.08. The van der Waals surface area contributed by atoms with Gasteiger partial charge in [0, 0.05) is 0 Å². The van der Waals surface area contributed by atoms with E-state index in [0.717, 1.165) is 25.6 Å². The van der Waals surface area contributed by atoms with Gasteiger partial charge in [-0.1, -0.05) is 0 Å². The number of hydrogen-bond donors (Lipinski definition) is 2. The largest absolute Gasteiger partial charge is 0.468 e. The van der Waals surface area contributed by atoms with Crippen LogP contribution in [0.25, 0.3) is 0 Å². The minimum absolute atomic E-state index is 0.124. The zero-order chi connectivity index (χ0) is 15.3. The second kappa shape index (κ2) is 6.79. The average molecular weight is 323 g/mol. The molecule has 8 nitrogen and oxygen atoms in total. The van der Waals surface area contributed by atoms with Crippen molar-refractivity contribution in [2.75, 3.05) is 20.8 Å². The molecule has 0 bridgehead atoms. The van der Waals surface area contributed by atoms with Crippen molar-refractivity contribution < 1.29 is 32.6 Å². The Kier molecular flexibility index (Phi) is 5.62. The maximum Gasteiger partial charge on any atom is 0.349 e. The lowest BCUT2D eigenvalue weighted by Crippen LogP contribution is -2.44. The summed E-state index contributed by atoms with van der Waals surface area (Å²) in [5.41, 5.74) is 0. The minimum Gasteiger partial charge on any atom is -0.468 e. The Bertz CT molecular complexity index is 593. The predicted octanol–water partition coefficient (Wildman–Crippen LogP) is -0.653. The molecule has 0 radical (unpaired) electrons. The number of carbonyl (C=O) groups excluding carboxylic acids is 2. The number of aliphatic hydroxyl groups is 1. The SMILES string of the molecule is COC(=O)c1sccc1S(=O)(=O)NC(CO)C(=O)OC. The highest BCUT2D eigenvalue weighted by molar-refractivity contribution is 7.89. The van der Waals surface area contributed by atoms with Crippen LogP contribution in [-0.2, 0) is 24.3 Å². The van der Waals surface area contributed by atoms with Crippen molar-refractivity contribution >= 4 is 33.3 Å². The summed E-state index contributed by atoms with van der Waals surface area (Å²) in [6, 6.07) is -0.249. The molecule has 1 heterocycles. The van der Waals surface area contributed by atoms with Gasteiger partial charge in [0.25, 0.3) is 0 Å². The number of hydrogen-bond acceptors (Lipinski definition) is 8. The van der Waals surface area contributed by atoms with Gasteiger partial charge >= 0.3 is 11.9 Å². The number of methoxy groups -OCH3 is 2. The summed E-state index contributed by atoms with van der Waals surface area (Å²) >= 11 is 0.886. The molecule has 2 N–H and O–H groups in total. The van der Waals surface area contributed by atoms with Crippen LogP contribution in [0.5, 0.6) is 0 Å². The maximum absolute atomic E-state index is 12.1. The Morgan fingerprint density at radius 1 is 1.40 bits per heavy atom. The first-order valence-electron chi connectivity index (χ1n) is 5.24. The van der Waals surface area contributed by atoms with Crippen LogP contribution in [0.15, 0.2) is 16.3 Å². The Balaban J connectivity index is 3.09. The quantitative estimate of drug-likeness (QED) is 0.667. The lowest BCUT2D eigenvalue weighted by Gasteiger charge is -2.14. The minimum atomic E-state index is -4.17. The molecule has 1 aromatic rings. The van der Waals surface area contributed by atoms with Gasteiger partial charge in [-0.2, -0.15) is 4.72 Å². The van der Waals surface area contributed by atoms with Crippen LogP contribution in [0.1, 0.15) is 9.67 Å². The fraction of sp³-hybridized carbons (Fsp3) is 0.400. The van der Waals surface area contributed by atoms with E-state index in [1.807, 2.05) is 4.72 Å². The Labute approximate surface area is 119 Å². The molecule has 0 fully saturated rings. The third-order valence-corrected chi connectivity index (χ3v) is 4.79. The molecule has 0 saturated heterocycles. The predicted molar refractivity (Wildman–Crippen MR) is 68.9 cm³/mol. The number of rotatable bonds is 6. The Morgan fingerprint density at radius 3 is 2.55 bits per heavy atom. The summed E-state index contributed by atoms with van der Waals surface area (Å²) in [6.45, 7) is -0.774. The molecule has 0 spiro atoms. The van der Waals surface area contributed by atoms with E-state index in [2.05, 4.69) is 9.47 Å². The summed E-state index contributed by atoms with van der Waals surface area (Å²) in [6.07, 6.45) is 0. The lowest BCUT2D eigenvalue weighted by atomic mass is 10.3. The van der Waals surface area contributed by atoms with E-state index < -0.39 is 34.6 Å². The molecular weight excluding hydrogens is 310 g/mol. The molecule has 112 valence electrons. The zero-order valence-corrected chi connectivity index (χ0v) is 12.3. The molecule has 0 saturated carbocycles. The van der Waals surface area contributed by atoms with Gasteiger partial charge in [0.15, 0.2) is 0 Å². The van der Waals surface area contributed by atoms with Crippen molar-refractivity contribution in [1.82, 2.24) is 4.72 Å². The third kappa shape index (κ3) is 3.54. The highest BCUT2D eigenvalue weighted by atomic mass is 32.2. The van der Waals surface area contributed by atoms with Gasteiger partial charge < -0.3 is 14.6 Å². The van der Waals surface area contributed by atoms with Crippen LogP contribution >= 0.6 is 11.3 Å². The van der Waals surface area contributed by atoms with E-state index >= 15 is 0 Å². The van der Waals surface area contributed by atoms with Crippen LogP contribution in [0.4, 0.5) is 0 Å². The number of carbonyl (C=O) groups is 2. The van der Waals surface area contributed by atoms with Gasteiger partial charge in [-0.3, -0.25) is 4.79 Å². The van der Waals surface area contributed by atoms with Crippen LogP contribution < -0.4 is 4.72 Å². The molecule has 0 amide bonds. The summed E-state index contributed by atoms with van der Waals surface area (Å²) in [5.74, 6) is -1.75. The van der Waals surface area contributed by atoms with Crippen molar-refractivity contribution in [1.29, 1.82) is 0 Å². The van der Waals surface area contributed by atoms with Crippen molar-refractivity contribution in [2.24, 2.45) is 0 Å². The van der Waals surface area contributed by atoms with Crippen LogP contribution in [0.3, 0.4) is 0 Å². The highest BCUT2D eigenvalue weighted by Gasteiger charge is 2.30. The lowest BCUT2D eigenvalue weighted by molar-refractivity contribution is -0.143. The molecule has 0 aliphatic heterocycles. The van der Waals surface area contributed by atoms with Crippen LogP contribution in [-0.4, -0.2) is 52.3 Å². The molecule has 0 aromatic carbocycles. The fourth-order valence-electron chi connectivity index (χ4n) is 1.30. The monoisotopic (exact) mass is 323 g/mol. The third-order valence-electron chi connectivity index (χ3n) is 2.26. The van der Waals surface area contributed by atoms with Gasteiger partial charge in [-0.05, 0) is 11.4 Å². The molecular formula is C10H13NO7S2. The summed E-state index contributed by atoms with van der Waals surface area (Å²) in [7, 11) is -1.99. The standard InChI is InChI=1S/C10H13NO7S2/c1-17-9(13)6(5-12)11-20(15,16)7-3-4-19-8(7)10(14)18-2/h3-4,6,11-12H,5H2,1-2H3. The molecule has 20 heavy (non-hydrogen) atoms. The van der Waals surface area contributed by atoms with Gasteiger partial charge in [-0.25, -0.2) is 13.2 Å². The smallest absolute Gasteiger partial charge is 0.349 e. The van der Waals surface area contributed by atoms with Crippen LogP contribution in [0.2, 0.25) is 0 Å². The Hall–Kier alpha value is -1.49. The second-order valence-electron chi connectivity index (χ2n) is 3.49. The van der Waals surface area contributed by atoms with E-state index in [1.54, 1.807) is 0 Å². The molecule has 0 aliphatic carbocycles. The average Bonchev–Trinajstić information content (AvgIpc) is 2.93. The van der Waals surface area contributed by atoms with Gasteiger partial charge in [-0.15, -0.1) is 11.3 Å². The van der Waals surface area contributed by atoms with Crippen LogP contribution in [0, 0.1) is 0 Å². The van der Waals surface area contributed by atoms with E-state index in [-0.39, 0.29) is 9.77 Å². The molecule has 1 unspecified atom stereocenters. The van der Waals surface area contributed by atoms with Gasteiger partial charge in [0.2, 0.25) is 10.0 Å². The number of aliphatic hydroxyl groups excluding tert-OH is 1. The van der Waals surface area contributed by atoms with E-state index in [9.17, 15) is 18.0 Å². The molecule has 1 rings (SSSR count). The van der Waals surface area contributed by atoms with E-state index in [1.165, 1.54) is 11.4 Å². The zero-order valence-electron chi connectivity index (χ0n) is 10.7. The molecule has 10 heteroatoms. The Morgan fingerprint density at radius 2 is 2.05 bits per heavy atom. The number of thiophene rings is 1. The number of ether oxygens (including phenoxy) is 2. The molecule has 1 aromatic heterocycles. The van der Waals surface area contributed by atoms with Gasteiger partial charge in [0.1, 0.15) is 15.8 Å². The summed E-state index contributed by atoms with van der Waals surface area (Å²) in [4.78, 5) is 22.3. The molecule has 0 aliphatic rings. The number of esters is 2. The van der Waals surface area contributed by atoms with Crippen molar-refractivity contribution in [3.8, 4) is 0 Å². The maximum atomic E-state index is 12.1. The highest BCUT2D eigenvalue weighted by Crippen LogP contribution is 2.22. The summed E-state index contributed by atoms with van der Waals surface area (Å²) < 4.78 is 35.0. The first kappa shape index (κ1) is 16.6. The fourth-order valence-corrected chi connectivity index (χ4v) is 3.81. The van der Waals surface area contributed by atoms with E-state index in [4.69, 9.17) is 5.11 Å². The van der Waals surface area contributed by atoms with Gasteiger partial charge in [0.05, 0.1) is 20.8 Å². The number of nitrogens with one attached hydrogen (secondary N) is 1. The number of sulfonamides is 1. The normalized spacial score (nSPS) is 12.8. The first-order valence-corrected chi connectivity index (χ1v) is 7.60. The van der Waals surface area contributed by atoms with E-state index in [0.29, 0.717) is 0 Å². The van der Waals surface area contributed by atoms with Crippen molar-refractivity contribution in [2.45, 2.75) is 10.9 Å². The molecule has 1 atom stereocenters. The first-order chi connectivity index (χ1) is 9.37. The van der Waals surface area contributed by atoms with Crippen molar-refractivity contribution in [3.05, 3.63) is 16.3 Å². The summed E-state index contributed by atoms with van der Waals surface area (Å²) in [5, 5.41) is 10.4. The van der Waals surface area contributed by atoms with Crippen molar-refractivity contribution in [3.63, 3.8) is 0 Å².